The smallest absolute Gasteiger partial charge is 0.130 e. The Labute approximate surface area is 80.2 Å². The average Bonchev–Trinajstić information content (AvgIpc) is 2.54. The lowest BCUT2D eigenvalue weighted by Crippen LogP contribution is -2.28. The summed E-state index contributed by atoms with van der Waals surface area (Å²) in [4.78, 5) is 11.2. The number of fused-ring (bicyclic) bond motifs is 2. The number of carbonyl (C=O) groups is 1. The quantitative estimate of drug-likeness (QED) is 0.594. The van der Waals surface area contributed by atoms with Gasteiger partial charge in [-0.15, -0.1) is 0 Å². The van der Waals surface area contributed by atoms with Crippen LogP contribution in [-0.4, -0.2) is 5.78 Å². The number of hydrogen-bond donors (Lipinski definition) is 0. The molecule has 0 aromatic carbocycles. The van der Waals surface area contributed by atoms with Crippen molar-refractivity contribution in [3.8, 4) is 0 Å². The number of hydrogen-bond acceptors (Lipinski definition) is 1. The Morgan fingerprint density at radius 1 is 1.62 bits per heavy atom. The molecular formula is C12H18O. The number of rotatable bonds is 2. The molecule has 1 heteroatoms. The SMILES string of the molecule is C=C1C2CCC(C2)C1(C)CC(C)=O. The molecule has 13 heavy (non-hydrogen) atoms. The first-order chi connectivity index (χ1) is 6.04. The van der Waals surface area contributed by atoms with E-state index in [1.165, 1.54) is 24.8 Å². The molecule has 0 aromatic heterocycles. The molecule has 2 fully saturated rings. The zero-order chi connectivity index (χ0) is 9.64. The van der Waals surface area contributed by atoms with Gasteiger partial charge < -0.3 is 0 Å². The minimum Gasteiger partial charge on any atom is -0.300 e. The van der Waals surface area contributed by atoms with Crippen LogP contribution >= 0.6 is 0 Å². The summed E-state index contributed by atoms with van der Waals surface area (Å²) in [6.07, 6.45) is 4.64. The van der Waals surface area contributed by atoms with Crippen molar-refractivity contribution in [1.82, 2.24) is 0 Å². The van der Waals surface area contributed by atoms with Crippen molar-refractivity contribution < 1.29 is 4.79 Å². The zero-order valence-corrected chi connectivity index (χ0v) is 8.60. The predicted octanol–water partition coefficient (Wildman–Crippen LogP) is 2.96. The Kier molecular flexibility index (Phi) is 1.86. The van der Waals surface area contributed by atoms with Crippen LogP contribution in [0.25, 0.3) is 0 Å². The van der Waals surface area contributed by atoms with Crippen molar-refractivity contribution >= 4 is 5.78 Å². The van der Waals surface area contributed by atoms with E-state index in [1.54, 1.807) is 6.92 Å². The molecule has 1 nitrogen and oxygen atoms in total. The summed E-state index contributed by atoms with van der Waals surface area (Å²) in [5, 5.41) is 0. The molecule has 0 heterocycles. The highest BCUT2D eigenvalue weighted by atomic mass is 16.1. The van der Waals surface area contributed by atoms with Gasteiger partial charge in [-0.3, -0.25) is 4.79 Å². The van der Waals surface area contributed by atoms with Gasteiger partial charge in [-0.25, -0.2) is 0 Å². The molecule has 2 bridgehead atoms. The van der Waals surface area contributed by atoms with E-state index in [-0.39, 0.29) is 5.41 Å². The molecule has 2 rings (SSSR count). The van der Waals surface area contributed by atoms with E-state index in [0.29, 0.717) is 12.2 Å². The van der Waals surface area contributed by atoms with Crippen LogP contribution in [0.15, 0.2) is 12.2 Å². The van der Waals surface area contributed by atoms with Gasteiger partial charge >= 0.3 is 0 Å². The maximum Gasteiger partial charge on any atom is 0.130 e. The molecule has 0 amide bonds. The Morgan fingerprint density at radius 3 is 2.77 bits per heavy atom. The summed E-state index contributed by atoms with van der Waals surface area (Å²) >= 11 is 0. The van der Waals surface area contributed by atoms with Crippen LogP contribution < -0.4 is 0 Å². The van der Waals surface area contributed by atoms with Crippen molar-refractivity contribution in [2.24, 2.45) is 17.3 Å². The second-order valence-corrected chi connectivity index (χ2v) is 5.03. The monoisotopic (exact) mass is 178 g/mol. The molecule has 0 saturated heterocycles. The summed E-state index contributed by atoms with van der Waals surface area (Å²) < 4.78 is 0. The highest BCUT2D eigenvalue weighted by Gasteiger charge is 2.50. The zero-order valence-electron chi connectivity index (χ0n) is 8.60. The lowest BCUT2D eigenvalue weighted by Gasteiger charge is -2.35. The lowest BCUT2D eigenvalue weighted by atomic mass is 9.69. The lowest BCUT2D eigenvalue weighted by molar-refractivity contribution is -0.119. The van der Waals surface area contributed by atoms with E-state index >= 15 is 0 Å². The number of carbonyl (C=O) groups excluding carboxylic acids is 1. The number of ketones is 1. The summed E-state index contributed by atoms with van der Waals surface area (Å²) in [5.74, 6) is 1.79. The standard InChI is InChI=1S/C12H18O/c1-8(13)7-12(3)9(2)10-4-5-11(12)6-10/h10-11H,2,4-7H2,1,3H3. The molecule has 0 spiro atoms. The molecule has 2 aliphatic rings. The first-order valence-corrected chi connectivity index (χ1v) is 5.23. The Morgan fingerprint density at radius 2 is 2.31 bits per heavy atom. The maximum atomic E-state index is 11.2. The van der Waals surface area contributed by atoms with E-state index in [1.807, 2.05) is 0 Å². The van der Waals surface area contributed by atoms with Crippen LogP contribution in [0.2, 0.25) is 0 Å². The van der Waals surface area contributed by atoms with E-state index in [9.17, 15) is 4.79 Å². The minimum absolute atomic E-state index is 0.148. The van der Waals surface area contributed by atoms with Crippen LogP contribution in [-0.2, 0) is 4.79 Å². The minimum atomic E-state index is 0.148. The summed E-state index contributed by atoms with van der Waals surface area (Å²) in [6.45, 7) is 8.13. The highest BCUT2D eigenvalue weighted by Crippen LogP contribution is 2.60. The van der Waals surface area contributed by atoms with E-state index in [4.69, 9.17) is 0 Å². The van der Waals surface area contributed by atoms with Crippen molar-refractivity contribution in [3.05, 3.63) is 12.2 Å². The fourth-order valence-corrected chi connectivity index (χ4v) is 3.38. The Bertz CT molecular complexity index is 266. The molecule has 0 aromatic rings. The van der Waals surface area contributed by atoms with Gasteiger partial charge in [0.25, 0.3) is 0 Å². The van der Waals surface area contributed by atoms with Crippen LogP contribution in [0.5, 0.6) is 0 Å². The maximum absolute atomic E-state index is 11.2. The third-order valence-electron chi connectivity index (χ3n) is 4.18. The summed E-state index contributed by atoms with van der Waals surface area (Å²) in [5.41, 5.74) is 1.51. The second-order valence-electron chi connectivity index (χ2n) is 5.03. The fraction of sp³-hybridized carbons (Fsp3) is 0.750. The van der Waals surface area contributed by atoms with Crippen LogP contribution in [0.3, 0.4) is 0 Å². The predicted molar refractivity (Wildman–Crippen MR) is 53.4 cm³/mol. The van der Waals surface area contributed by atoms with E-state index in [0.717, 1.165) is 11.8 Å². The van der Waals surface area contributed by atoms with Gasteiger partial charge in [0.2, 0.25) is 0 Å². The highest BCUT2D eigenvalue weighted by molar-refractivity contribution is 5.77. The van der Waals surface area contributed by atoms with Crippen LogP contribution in [0, 0.1) is 17.3 Å². The molecule has 3 atom stereocenters. The molecule has 3 unspecified atom stereocenters. The summed E-state index contributed by atoms with van der Waals surface area (Å²) in [6, 6.07) is 0. The molecule has 0 aliphatic heterocycles. The third-order valence-corrected chi connectivity index (χ3v) is 4.18. The Hall–Kier alpha value is -0.590. The van der Waals surface area contributed by atoms with Crippen LogP contribution in [0.1, 0.15) is 39.5 Å². The van der Waals surface area contributed by atoms with Gasteiger partial charge in [0, 0.05) is 6.42 Å². The van der Waals surface area contributed by atoms with E-state index < -0.39 is 0 Å². The second kappa shape index (κ2) is 2.70. The van der Waals surface area contributed by atoms with Gasteiger partial charge in [0.15, 0.2) is 0 Å². The molecule has 0 N–H and O–H groups in total. The van der Waals surface area contributed by atoms with Gasteiger partial charge in [-0.2, -0.15) is 0 Å². The number of Topliss-reactive ketones (excluding diaryl/α,β-unsaturated/α-hetero) is 1. The topological polar surface area (TPSA) is 17.1 Å². The summed E-state index contributed by atoms with van der Waals surface area (Å²) in [7, 11) is 0. The van der Waals surface area contributed by atoms with Gasteiger partial charge in [0.1, 0.15) is 5.78 Å². The molecule has 2 aliphatic carbocycles. The molecule has 2 saturated carbocycles. The van der Waals surface area contributed by atoms with Crippen molar-refractivity contribution in [2.45, 2.75) is 39.5 Å². The van der Waals surface area contributed by atoms with E-state index in [2.05, 4.69) is 13.5 Å². The third kappa shape index (κ3) is 1.17. The first-order valence-electron chi connectivity index (χ1n) is 5.23. The largest absolute Gasteiger partial charge is 0.300 e. The van der Waals surface area contributed by atoms with Crippen molar-refractivity contribution in [1.29, 1.82) is 0 Å². The van der Waals surface area contributed by atoms with Crippen LogP contribution in [0.4, 0.5) is 0 Å². The molecule has 0 radical (unpaired) electrons. The fourth-order valence-electron chi connectivity index (χ4n) is 3.38. The number of allylic oxidation sites excluding steroid dienone is 1. The Balaban J connectivity index is 2.22. The van der Waals surface area contributed by atoms with Gasteiger partial charge in [-0.1, -0.05) is 19.1 Å². The molecular weight excluding hydrogens is 160 g/mol. The normalized spacial score (nSPS) is 42.8. The first kappa shape index (κ1) is 8.98. The molecule has 72 valence electrons. The van der Waals surface area contributed by atoms with Crippen molar-refractivity contribution in [3.63, 3.8) is 0 Å². The van der Waals surface area contributed by atoms with Gasteiger partial charge in [-0.05, 0) is 43.4 Å². The average molecular weight is 178 g/mol. The van der Waals surface area contributed by atoms with Gasteiger partial charge in [0.05, 0.1) is 0 Å². The van der Waals surface area contributed by atoms with Crippen molar-refractivity contribution in [2.75, 3.05) is 0 Å².